The first kappa shape index (κ1) is 29.2. The van der Waals surface area contributed by atoms with E-state index in [9.17, 15) is 5.11 Å². The highest BCUT2D eigenvalue weighted by Gasteiger charge is 2.29. The van der Waals surface area contributed by atoms with Crippen molar-refractivity contribution in [3.8, 4) is 17.2 Å². The van der Waals surface area contributed by atoms with E-state index in [4.69, 9.17) is 34.0 Å². The molecule has 0 amide bonds. The lowest BCUT2D eigenvalue weighted by Crippen LogP contribution is -2.45. The summed E-state index contributed by atoms with van der Waals surface area (Å²) in [5.74, 6) is -0.747. The Morgan fingerprint density at radius 3 is 2.52 bits per heavy atom. The van der Waals surface area contributed by atoms with Gasteiger partial charge in [0.15, 0.2) is 11.5 Å². The van der Waals surface area contributed by atoms with Gasteiger partial charge in [0.2, 0.25) is 0 Å². The Morgan fingerprint density at radius 2 is 1.85 bits per heavy atom. The van der Waals surface area contributed by atoms with Gasteiger partial charge in [-0.25, -0.2) is 9.59 Å². The minimum Gasteiger partial charge on any atom is -0.493 e. The lowest BCUT2D eigenvalue weighted by Gasteiger charge is -2.38. The molecule has 2 aromatic heterocycles. The molecular formula is C29H34N2O8S. The molecule has 4 N–H and O–H groups in total. The van der Waals surface area contributed by atoms with Crippen LogP contribution in [0, 0.1) is 0 Å². The predicted molar refractivity (Wildman–Crippen MR) is 153 cm³/mol. The van der Waals surface area contributed by atoms with Crippen molar-refractivity contribution < 1.29 is 39.1 Å². The van der Waals surface area contributed by atoms with E-state index < -0.39 is 18.0 Å². The van der Waals surface area contributed by atoms with E-state index in [0.29, 0.717) is 18.5 Å². The number of rotatable bonds is 8. The first-order valence-corrected chi connectivity index (χ1v) is 13.7. The van der Waals surface area contributed by atoms with E-state index in [1.165, 1.54) is 9.58 Å². The molecule has 40 heavy (non-hydrogen) atoms. The molecule has 2 aromatic carbocycles. The van der Waals surface area contributed by atoms with E-state index in [0.717, 1.165) is 52.9 Å². The number of carboxylic acid groups (broad SMARTS) is 2. The molecule has 1 fully saturated rings. The van der Waals surface area contributed by atoms with Crippen molar-refractivity contribution in [3.05, 3.63) is 53.5 Å². The summed E-state index contributed by atoms with van der Waals surface area (Å²) in [6, 6.07) is 14.7. The zero-order valence-electron chi connectivity index (χ0n) is 22.6. The third-order valence-corrected chi connectivity index (χ3v) is 8.35. The molecule has 0 saturated carbocycles. The number of hydrogen-bond donors (Lipinski definition) is 4. The molecule has 1 unspecified atom stereocenters. The Kier molecular flexibility index (Phi) is 9.51. The molecule has 11 heteroatoms. The summed E-state index contributed by atoms with van der Waals surface area (Å²) in [5.41, 5.74) is 1.04. The maximum Gasteiger partial charge on any atom is 0.414 e. The van der Waals surface area contributed by atoms with Gasteiger partial charge in [0.25, 0.3) is 0 Å². The van der Waals surface area contributed by atoms with Crippen LogP contribution >= 0.6 is 11.3 Å². The first-order chi connectivity index (χ1) is 19.2. The van der Waals surface area contributed by atoms with Gasteiger partial charge in [0.1, 0.15) is 18.5 Å². The Hall–Kier alpha value is -3.80. The number of fused-ring (bicyclic) bond motifs is 2. The zero-order valence-corrected chi connectivity index (χ0v) is 23.4. The summed E-state index contributed by atoms with van der Waals surface area (Å²) < 4.78 is 18.3. The van der Waals surface area contributed by atoms with Gasteiger partial charge in [0.05, 0.1) is 14.2 Å². The predicted octanol–water partition coefficient (Wildman–Crippen LogP) is 4.56. The third-order valence-electron chi connectivity index (χ3n) is 7.09. The summed E-state index contributed by atoms with van der Waals surface area (Å²) in [7, 11) is 3.37. The standard InChI is InChI=1S/C27H32N2O4S.C2H2O4/c1-17-13-18(26-14-21-25(34-26)8-7-24(31-2)27(21)32-3)10-12-29(17)15-19(30)16-33-23-6-4-5-22-20(23)9-11-28-22;3-1(4)2(5)6/h4-9,11,14,17-19,28,30H,10,12-13,15-16H2,1-3H3;(H,3,4)(H,5,6)/t17-,18-,19?;/m0./s1. The largest absolute Gasteiger partial charge is 0.493 e. The number of thiophene rings is 1. The molecule has 4 aromatic rings. The average molecular weight is 571 g/mol. The van der Waals surface area contributed by atoms with Crippen molar-refractivity contribution in [2.75, 3.05) is 33.9 Å². The maximum absolute atomic E-state index is 10.7. The Labute approximate surface area is 235 Å². The molecule has 0 aliphatic carbocycles. The molecule has 1 aliphatic heterocycles. The molecule has 10 nitrogen and oxygen atoms in total. The van der Waals surface area contributed by atoms with Gasteiger partial charge in [0, 0.05) is 44.6 Å². The Morgan fingerprint density at radius 1 is 1.07 bits per heavy atom. The van der Waals surface area contributed by atoms with E-state index in [2.05, 4.69) is 28.9 Å². The fourth-order valence-corrected chi connectivity index (χ4v) is 6.31. The van der Waals surface area contributed by atoms with Crippen LogP contribution in [0.4, 0.5) is 0 Å². The number of carbonyl (C=O) groups is 2. The van der Waals surface area contributed by atoms with E-state index in [1.54, 1.807) is 14.2 Å². The lowest BCUT2D eigenvalue weighted by atomic mass is 9.90. The van der Waals surface area contributed by atoms with Gasteiger partial charge in [-0.15, -0.1) is 11.3 Å². The van der Waals surface area contributed by atoms with Gasteiger partial charge in [-0.3, -0.25) is 4.90 Å². The molecule has 3 heterocycles. The third kappa shape index (κ3) is 6.67. The van der Waals surface area contributed by atoms with Crippen LogP contribution in [0.15, 0.2) is 48.7 Å². The number of aliphatic carboxylic acids is 2. The molecule has 0 spiro atoms. The van der Waals surface area contributed by atoms with Crippen LogP contribution in [0.2, 0.25) is 0 Å². The number of β-amino-alcohol motifs (C(OH)–C–C–N with tert-alkyl or cyclic N) is 1. The van der Waals surface area contributed by atoms with Gasteiger partial charge >= 0.3 is 11.9 Å². The highest BCUT2D eigenvalue weighted by atomic mass is 32.1. The fraction of sp³-hybridized carbons (Fsp3) is 0.379. The van der Waals surface area contributed by atoms with E-state index >= 15 is 0 Å². The zero-order chi connectivity index (χ0) is 28.8. The molecule has 1 saturated heterocycles. The molecule has 5 rings (SSSR count). The number of H-pyrrole nitrogens is 1. The van der Waals surface area contributed by atoms with Crippen molar-refractivity contribution in [1.82, 2.24) is 9.88 Å². The van der Waals surface area contributed by atoms with Crippen LogP contribution in [0.5, 0.6) is 17.2 Å². The highest BCUT2D eigenvalue weighted by Crippen LogP contribution is 2.44. The van der Waals surface area contributed by atoms with Gasteiger partial charge < -0.3 is 34.5 Å². The number of nitrogens with zero attached hydrogens (tertiary/aromatic N) is 1. The Bertz CT molecular complexity index is 1450. The normalized spacial score (nSPS) is 18.1. The quantitative estimate of drug-likeness (QED) is 0.224. The number of aromatic nitrogens is 1. The van der Waals surface area contributed by atoms with Crippen LogP contribution in [0.1, 0.15) is 30.6 Å². The minimum atomic E-state index is -1.82. The maximum atomic E-state index is 10.7. The van der Waals surface area contributed by atoms with Crippen LogP contribution in [-0.2, 0) is 9.59 Å². The number of carboxylic acids is 2. The number of aliphatic hydroxyl groups excluding tert-OH is 1. The van der Waals surface area contributed by atoms with Crippen molar-refractivity contribution in [1.29, 1.82) is 0 Å². The van der Waals surface area contributed by atoms with Crippen LogP contribution in [-0.4, -0.2) is 83.2 Å². The molecule has 1 aliphatic rings. The van der Waals surface area contributed by atoms with Crippen LogP contribution in [0.3, 0.4) is 0 Å². The number of hydrogen-bond acceptors (Lipinski definition) is 8. The number of aromatic amines is 1. The Balaban J connectivity index is 0.000000557. The number of nitrogens with one attached hydrogen (secondary N) is 1. The summed E-state index contributed by atoms with van der Waals surface area (Å²) >= 11 is 1.85. The molecule has 0 bridgehead atoms. The van der Waals surface area contributed by atoms with E-state index in [1.807, 2.05) is 47.9 Å². The van der Waals surface area contributed by atoms with Gasteiger partial charge in [-0.2, -0.15) is 0 Å². The van der Waals surface area contributed by atoms with Gasteiger partial charge in [-0.05, 0) is 68.6 Å². The van der Waals surface area contributed by atoms with Crippen molar-refractivity contribution in [2.45, 2.75) is 37.8 Å². The molecule has 3 atom stereocenters. The fourth-order valence-electron chi connectivity index (χ4n) is 5.10. The SMILES string of the molecule is COc1ccc2sc([C@H]3CCN(CC(O)COc4cccc5[nH]ccc45)[C@@H](C)C3)cc2c1OC.O=C(O)C(=O)O. The number of benzene rings is 2. The van der Waals surface area contributed by atoms with Crippen LogP contribution in [0.25, 0.3) is 21.0 Å². The topological polar surface area (TPSA) is 142 Å². The summed E-state index contributed by atoms with van der Waals surface area (Å²) in [6.07, 6.45) is 3.52. The number of aliphatic hydroxyl groups is 1. The summed E-state index contributed by atoms with van der Waals surface area (Å²) in [6.45, 7) is 4.13. The summed E-state index contributed by atoms with van der Waals surface area (Å²) in [4.78, 5) is 25.2. The molecule has 0 radical (unpaired) electrons. The summed E-state index contributed by atoms with van der Waals surface area (Å²) in [5, 5.41) is 27.6. The molecular weight excluding hydrogens is 536 g/mol. The van der Waals surface area contributed by atoms with Crippen molar-refractivity contribution >= 4 is 44.3 Å². The highest BCUT2D eigenvalue weighted by molar-refractivity contribution is 7.19. The smallest absolute Gasteiger partial charge is 0.414 e. The van der Waals surface area contributed by atoms with Crippen molar-refractivity contribution in [2.24, 2.45) is 0 Å². The van der Waals surface area contributed by atoms with E-state index in [-0.39, 0.29) is 6.61 Å². The average Bonchev–Trinajstić information content (AvgIpc) is 3.60. The second-order valence-electron chi connectivity index (χ2n) is 9.70. The second-order valence-corrected chi connectivity index (χ2v) is 10.8. The monoisotopic (exact) mass is 570 g/mol. The van der Waals surface area contributed by atoms with Crippen LogP contribution < -0.4 is 14.2 Å². The lowest BCUT2D eigenvalue weighted by molar-refractivity contribution is -0.159. The number of piperidine rings is 1. The number of likely N-dealkylation sites (tertiary alicyclic amines) is 1. The van der Waals surface area contributed by atoms with Crippen molar-refractivity contribution in [3.63, 3.8) is 0 Å². The molecule has 214 valence electrons. The minimum absolute atomic E-state index is 0.287. The van der Waals surface area contributed by atoms with Gasteiger partial charge in [-0.1, -0.05) is 6.07 Å². The second kappa shape index (κ2) is 13.0. The number of ether oxygens (including phenoxy) is 3. The first-order valence-electron chi connectivity index (χ1n) is 12.9. The number of methoxy groups -OCH3 is 2.